The zero-order valence-corrected chi connectivity index (χ0v) is 8.89. The SMILES string of the molecule is CC[C@H](N)[C@H](Cc1ccccc1)C(=O)O. The molecule has 0 saturated heterocycles. The summed E-state index contributed by atoms with van der Waals surface area (Å²) in [5.74, 6) is -1.30. The highest BCUT2D eigenvalue weighted by atomic mass is 16.4. The van der Waals surface area contributed by atoms with E-state index in [1.807, 2.05) is 37.3 Å². The lowest BCUT2D eigenvalue weighted by molar-refractivity contribution is -0.142. The molecule has 0 radical (unpaired) electrons. The van der Waals surface area contributed by atoms with Crippen LogP contribution in [-0.4, -0.2) is 17.1 Å². The standard InChI is InChI=1S/C12H17NO2/c1-2-11(13)10(12(14)15)8-9-6-4-3-5-7-9/h3-7,10-11H,2,8,13H2,1H3,(H,14,15)/t10-,11-/m0/s1. The highest BCUT2D eigenvalue weighted by molar-refractivity contribution is 5.71. The number of carbonyl (C=O) groups is 1. The number of hydrogen-bond acceptors (Lipinski definition) is 2. The molecule has 0 fully saturated rings. The van der Waals surface area contributed by atoms with Crippen LogP contribution in [-0.2, 0) is 11.2 Å². The Hall–Kier alpha value is -1.35. The van der Waals surface area contributed by atoms with E-state index in [9.17, 15) is 4.79 Å². The van der Waals surface area contributed by atoms with E-state index in [2.05, 4.69) is 0 Å². The lowest BCUT2D eigenvalue weighted by Gasteiger charge is -2.18. The summed E-state index contributed by atoms with van der Waals surface area (Å²) in [6, 6.07) is 9.32. The van der Waals surface area contributed by atoms with Gasteiger partial charge in [-0.2, -0.15) is 0 Å². The summed E-state index contributed by atoms with van der Waals surface area (Å²) in [5, 5.41) is 9.06. The minimum Gasteiger partial charge on any atom is -0.481 e. The van der Waals surface area contributed by atoms with Crippen LogP contribution in [0.2, 0.25) is 0 Å². The molecule has 0 aliphatic carbocycles. The van der Waals surface area contributed by atoms with Crippen LogP contribution in [0.5, 0.6) is 0 Å². The summed E-state index contributed by atoms with van der Waals surface area (Å²) >= 11 is 0. The molecule has 15 heavy (non-hydrogen) atoms. The Balaban J connectivity index is 2.71. The highest BCUT2D eigenvalue weighted by Crippen LogP contribution is 2.13. The Morgan fingerprint density at radius 3 is 2.47 bits per heavy atom. The van der Waals surface area contributed by atoms with E-state index in [0.717, 1.165) is 5.56 Å². The van der Waals surface area contributed by atoms with Crippen LogP contribution < -0.4 is 5.73 Å². The Kier molecular flexibility index (Phi) is 4.31. The van der Waals surface area contributed by atoms with Crippen molar-refractivity contribution in [1.29, 1.82) is 0 Å². The van der Waals surface area contributed by atoms with Crippen LogP contribution in [0.3, 0.4) is 0 Å². The average molecular weight is 207 g/mol. The van der Waals surface area contributed by atoms with Crippen LogP contribution in [0.1, 0.15) is 18.9 Å². The van der Waals surface area contributed by atoms with Crippen molar-refractivity contribution in [3.8, 4) is 0 Å². The lowest BCUT2D eigenvalue weighted by atomic mass is 9.91. The molecule has 0 bridgehead atoms. The number of nitrogens with two attached hydrogens (primary N) is 1. The highest BCUT2D eigenvalue weighted by Gasteiger charge is 2.23. The van der Waals surface area contributed by atoms with Crippen molar-refractivity contribution in [3.05, 3.63) is 35.9 Å². The second kappa shape index (κ2) is 5.51. The normalized spacial score (nSPS) is 14.5. The van der Waals surface area contributed by atoms with Gasteiger partial charge in [0.05, 0.1) is 5.92 Å². The summed E-state index contributed by atoms with van der Waals surface area (Å²) in [7, 11) is 0. The Morgan fingerprint density at radius 2 is 2.00 bits per heavy atom. The van der Waals surface area contributed by atoms with E-state index in [0.29, 0.717) is 12.8 Å². The number of benzene rings is 1. The molecule has 2 atom stereocenters. The molecule has 0 aliphatic rings. The lowest BCUT2D eigenvalue weighted by Crippen LogP contribution is -2.36. The second-order valence-electron chi connectivity index (χ2n) is 3.71. The molecule has 0 spiro atoms. The second-order valence-corrected chi connectivity index (χ2v) is 3.71. The molecule has 3 heteroatoms. The molecule has 1 aromatic rings. The van der Waals surface area contributed by atoms with Gasteiger partial charge in [-0.05, 0) is 18.4 Å². The maximum Gasteiger partial charge on any atom is 0.308 e. The van der Waals surface area contributed by atoms with Crippen molar-refractivity contribution >= 4 is 5.97 Å². The van der Waals surface area contributed by atoms with E-state index in [4.69, 9.17) is 10.8 Å². The van der Waals surface area contributed by atoms with Crippen molar-refractivity contribution in [1.82, 2.24) is 0 Å². The van der Waals surface area contributed by atoms with Crippen LogP contribution in [0.25, 0.3) is 0 Å². The van der Waals surface area contributed by atoms with E-state index in [1.54, 1.807) is 0 Å². The van der Waals surface area contributed by atoms with E-state index >= 15 is 0 Å². The van der Waals surface area contributed by atoms with Crippen molar-refractivity contribution in [3.63, 3.8) is 0 Å². The number of carboxylic acid groups (broad SMARTS) is 1. The van der Waals surface area contributed by atoms with Gasteiger partial charge in [0.1, 0.15) is 0 Å². The third-order valence-electron chi connectivity index (χ3n) is 2.60. The molecule has 0 saturated carbocycles. The first-order valence-corrected chi connectivity index (χ1v) is 5.17. The Bertz CT molecular complexity index is 311. The van der Waals surface area contributed by atoms with Gasteiger partial charge >= 0.3 is 5.97 Å². The maximum atomic E-state index is 11.0. The van der Waals surface area contributed by atoms with E-state index in [1.165, 1.54) is 0 Å². The van der Waals surface area contributed by atoms with Gasteiger partial charge in [0.25, 0.3) is 0 Å². The number of aliphatic carboxylic acids is 1. The van der Waals surface area contributed by atoms with Gasteiger partial charge in [-0.15, -0.1) is 0 Å². The molecule has 0 heterocycles. The molecule has 0 aliphatic heterocycles. The summed E-state index contributed by atoms with van der Waals surface area (Å²) in [5.41, 5.74) is 6.81. The molecular weight excluding hydrogens is 190 g/mol. The first kappa shape index (κ1) is 11.7. The van der Waals surface area contributed by atoms with Crippen molar-refractivity contribution in [2.24, 2.45) is 11.7 Å². The molecule has 0 unspecified atom stereocenters. The minimum absolute atomic E-state index is 0.275. The smallest absolute Gasteiger partial charge is 0.308 e. The monoisotopic (exact) mass is 207 g/mol. The van der Waals surface area contributed by atoms with Gasteiger partial charge in [-0.1, -0.05) is 37.3 Å². The summed E-state index contributed by atoms with van der Waals surface area (Å²) in [4.78, 5) is 11.0. The summed E-state index contributed by atoms with van der Waals surface area (Å²) in [6.07, 6.45) is 1.19. The van der Waals surface area contributed by atoms with Gasteiger partial charge in [0, 0.05) is 6.04 Å². The third kappa shape index (κ3) is 3.36. The third-order valence-corrected chi connectivity index (χ3v) is 2.60. The molecule has 0 amide bonds. The van der Waals surface area contributed by atoms with Crippen LogP contribution >= 0.6 is 0 Å². The number of rotatable bonds is 5. The van der Waals surface area contributed by atoms with Crippen molar-refractivity contribution < 1.29 is 9.90 Å². The molecule has 1 aromatic carbocycles. The quantitative estimate of drug-likeness (QED) is 0.772. The van der Waals surface area contributed by atoms with Gasteiger partial charge in [0.2, 0.25) is 0 Å². The van der Waals surface area contributed by atoms with Crippen LogP contribution in [0.15, 0.2) is 30.3 Å². The van der Waals surface area contributed by atoms with Gasteiger partial charge in [-0.25, -0.2) is 0 Å². The topological polar surface area (TPSA) is 63.3 Å². The first-order chi connectivity index (χ1) is 7.15. The van der Waals surface area contributed by atoms with Crippen molar-refractivity contribution in [2.75, 3.05) is 0 Å². The Morgan fingerprint density at radius 1 is 1.40 bits per heavy atom. The van der Waals surface area contributed by atoms with E-state index < -0.39 is 11.9 Å². The minimum atomic E-state index is -0.812. The molecule has 0 aromatic heterocycles. The average Bonchev–Trinajstić information content (AvgIpc) is 2.26. The fraction of sp³-hybridized carbons (Fsp3) is 0.417. The predicted molar refractivity (Wildman–Crippen MR) is 59.5 cm³/mol. The maximum absolute atomic E-state index is 11.0. The molecule has 3 nitrogen and oxygen atoms in total. The fourth-order valence-electron chi connectivity index (χ4n) is 1.57. The Labute approximate surface area is 89.9 Å². The predicted octanol–water partition coefficient (Wildman–Crippen LogP) is 1.67. The van der Waals surface area contributed by atoms with E-state index in [-0.39, 0.29) is 6.04 Å². The molecule has 82 valence electrons. The van der Waals surface area contributed by atoms with Gasteiger partial charge in [-0.3, -0.25) is 4.79 Å². The van der Waals surface area contributed by atoms with Gasteiger partial charge < -0.3 is 10.8 Å². The molecular formula is C12H17NO2. The van der Waals surface area contributed by atoms with Crippen LogP contribution in [0.4, 0.5) is 0 Å². The zero-order chi connectivity index (χ0) is 11.3. The van der Waals surface area contributed by atoms with Crippen molar-refractivity contribution in [2.45, 2.75) is 25.8 Å². The number of hydrogen-bond donors (Lipinski definition) is 2. The number of carboxylic acids is 1. The summed E-state index contributed by atoms with van der Waals surface area (Å²) < 4.78 is 0. The molecule has 1 rings (SSSR count). The largest absolute Gasteiger partial charge is 0.481 e. The first-order valence-electron chi connectivity index (χ1n) is 5.17. The molecule has 3 N–H and O–H groups in total. The van der Waals surface area contributed by atoms with Crippen LogP contribution in [0, 0.1) is 5.92 Å². The van der Waals surface area contributed by atoms with Gasteiger partial charge in [0.15, 0.2) is 0 Å². The zero-order valence-electron chi connectivity index (χ0n) is 8.89. The summed E-state index contributed by atoms with van der Waals surface area (Å²) in [6.45, 7) is 1.91. The fourth-order valence-corrected chi connectivity index (χ4v) is 1.57.